The van der Waals surface area contributed by atoms with E-state index < -0.39 is 0 Å². The van der Waals surface area contributed by atoms with Crippen molar-refractivity contribution in [3.05, 3.63) is 35.9 Å². The van der Waals surface area contributed by atoms with E-state index in [9.17, 15) is 14.4 Å². The number of nitrogens with one attached hydrogen (secondary N) is 1. The number of ether oxygens (including phenoxy) is 1. The fourth-order valence-corrected chi connectivity index (χ4v) is 2.38. The van der Waals surface area contributed by atoms with Crippen molar-refractivity contribution in [1.29, 1.82) is 0 Å². The molecule has 0 aromatic heterocycles. The smallest absolute Gasteiger partial charge is 0.248 e. The predicted octanol–water partition coefficient (Wildman–Crippen LogP) is 1.01. The monoisotopic (exact) mass is 318 g/mol. The normalized spacial score (nSPS) is 17.9. The van der Waals surface area contributed by atoms with Crippen LogP contribution in [0.15, 0.2) is 30.3 Å². The van der Waals surface area contributed by atoms with E-state index in [2.05, 4.69) is 5.32 Å². The summed E-state index contributed by atoms with van der Waals surface area (Å²) in [6.07, 6.45) is 1.01. The highest BCUT2D eigenvalue weighted by Gasteiger charge is 2.23. The van der Waals surface area contributed by atoms with Crippen LogP contribution in [0.4, 0.5) is 0 Å². The maximum atomic E-state index is 11.9. The third-order valence-electron chi connectivity index (χ3n) is 3.78. The molecule has 0 bridgehead atoms. The number of amides is 2. The van der Waals surface area contributed by atoms with Gasteiger partial charge in [-0.1, -0.05) is 30.3 Å². The van der Waals surface area contributed by atoms with Crippen molar-refractivity contribution in [2.75, 3.05) is 26.7 Å². The maximum absolute atomic E-state index is 11.9. The van der Waals surface area contributed by atoms with Crippen LogP contribution in [0.1, 0.15) is 29.6 Å². The molecule has 2 amide bonds. The molecule has 1 aromatic carbocycles. The Morgan fingerprint density at radius 1 is 1.26 bits per heavy atom. The van der Waals surface area contributed by atoms with Crippen molar-refractivity contribution in [2.45, 2.75) is 25.4 Å². The van der Waals surface area contributed by atoms with E-state index in [4.69, 9.17) is 4.74 Å². The summed E-state index contributed by atoms with van der Waals surface area (Å²) >= 11 is 0. The number of hydrogen-bond donors (Lipinski definition) is 1. The average Bonchev–Trinajstić information content (AvgIpc) is 2.56. The van der Waals surface area contributed by atoms with Gasteiger partial charge in [-0.3, -0.25) is 14.4 Å². The first kappa shape index (κ1) is 17.1. The van der Waals surface area contributed by atoms with Crippen LogP contribution < -0.4 is 5.32 Å². The molecule has 0 saturated carbocycles. The Hall–Kier alpha value is -2.21. The highest BCUT2D eigenvalue weighted by Crippen LogP contribution is 2.07. The molecule has 1 atom stereocenters. The van der Waals surface area contributed by atoms with Gasteiger partial charge in [0, 0.05) is 38.5 Å². The summed E-state index contributed by atoms with van der Waals surface area (Å²) in [6.45, 7) is 0.914. The molecule has 1 heterocycles. The van der Waals surface area contributed by atoms with Crippen LogP contribution in [0.5, 0.6) is 0 Å². The predicted molar refractivity (Wildman–Crippen MR) is 85.0 cm³/mol. The van der Waals surface area contributed by atoms with Gasteiger partial charge in [-0.25, -0.2) is 0 Å². The Labute approximate surface area is 135 Å². The van der Waals surface area contributed by atoms with Crippen molar-refractivity contribution >= 4 is 17.6 Å². The Morgan fingerprint density at radius 3 is 2.70 bits per heavy atom. The fraction of sp³-hybridized carbons (Fsp3) is 0.471. The summed E-state index contributed by atoms with van der Waals surface area (Å²) in [4.78, 5) is 36.6. The maximum Gasteiger partial charge on any atom is 0.248 e. The summed E-state index contributed by atoms with van der Waals surface area (Å²) in [5.74, 6) is -0.102. The van der Waals surface area contributed by atoms with Crippen LogP contribution in [0.3, 0.4) is 0 Å². The van der Waals surface area contributed by atoms with Gasteiger partial charge in [0.05, 0.1) is 6.10 Å². The second kappa shape index (κ2) is 8.43. The lowest BCUT2D eigenvalue weighted by Crippen LogP contribution is -2.48. The number of carbonyl (C=O) groups excluding carboxylic acids is 3. The van der Waals surface area contributed by atoms with Crippen LogP contribution in [0, 0.1) is 0 Å². The summed E-state index contributed by atoms with van der Waals surface area (Å²) in [7, 11) is 1.72. The highest BCUT2D eigenvalue weighted by atomic mass is 16.5. The molecular weight excluding hydrogens is 296 g/mol. The zero-order valence-electron chi connectivity index (χ0n) is 13.3. The number of rotatable bonds is 7. The quantitative estimate of drug-likeness (QED) is 0.762. The van der Waals surface area contributed by atoms with E-state index in [-0.39, 0.29) is 30.3 Å². The molecule has 6 heteroatoms. The van der Waals surface area contributed by atoms with Gasteiger partial charge in [0.25, 0.3) is 0 Å². The van der Waals surface area contributed by atoms with Gasteiger partial charge in [-0.2, -0.15) is 0 Å². The van der Waals surface area contributed by atoms with E-state index in [0.29, 0.717) is 37.9 Å². The first-order valence-electron chi connectivity index (χ1n) is 7.77. The van der Waals surface area contributed by atoms with Crippen LogP contribution in [-0.2, 0) is 14.3 Å². The second-order valence-corrected chi connectivity index (χ2v) is 5.65. The second-order valence-electron chi connectivity index (χ2n) is 5.65. The summed E-state index contributed by atoms with van der Waals surface area (Å²) in [5, 5.41) is 2.79. The van der Waals surface area contributed by atoms with Gasteiger partial charge in [0.1, 0.15) is 6.61 Å². The Balaban J connectivity index is 1.62. The molecule has 1 aliphatic rings. The van der Waals surface area contributed by atoms with Gasteiger partial charge in [0.2, 0.25) is 11.8 Å². The standard InChI is InChI=1S/C17H22N2O4/c1-19-11-14(23-12-17(19)22)10-18-16(21)9-5-8-15(20)13-6-3-2-4-7-13/h2-4,6-7,14H,5,8-12H2,1H3,(H,18,21)/t14-/m1/s1. The molecule has 1 saturated heterocycles. The topological polar surface area (TPSA) is 75.7 Å². The molecule has 124 valence electrons. The molecule has 0 spiro atoms. The zero-order valence-corrected chi connectivity index (χ0v) is 13.3. The van der Waals surface area contributed by atoms with Crippen molar-refractivity contribution < 1.29 is 19.1 Å². The number of likely N-dealkylation sites (N-methyl/N-ethyl adjacent to an activating group) is 1. The third-order valence-corrected chi connectivity index (χ3v) is 3.78. The van der Waals surface area contributed by atoms with E-state index >= 15 is 0 Å². The fourth-order valence-electron chi connectivity index (χ4n) is 2.38. The number of hydrogen-bond acceptors (Lipinski definition) is 4. The molecule has 1 fully saturated rings. The van der Waals surface area contributed by atoms with Gasteiger partial charge >= 0.3 is 0 Å². The number of morpholine rings is 1. The summed E-state index contributed by atoms with van der Waals surface area (Å²) in [6, 6.07) is 9.07. The number of benzene rings is 1. The van der Waals surface area contributed by atoms with E-state index in [1.807, 2.05) is 18.2 Å². The number of Topliss-reactive ketones (excluding diaryl/α,β-unsaturated/α-hetero) is 1. The van der Waals surface area contributed by atoms with Crippen molar-refractivity contribution in [1.82, 2.24) is 10.2 Å². The van der Waals surface area contributed by atoms with E-state index in [0.717, 1.165) is 0 Å². The Morgan fingerprint density at radius 2 is 2.00 bits per heavy atom. The first-order valence-corrected chi connectivity index (χ1v) is 7.77. The first-order chi connectivity index (χ1) is 11.1. The molecule has 1 aromatic rings. The lowest BCUT2D eigenvalue weighted by atomic mass is 10.1. The minimum Gasteiger partial charge on any atom is -0.365 e. The van der Waals surface area contributed by atoms with Crippen LogP contribution in [0.2, 0.25) is 0 Å². The van der Waals surface area contributed by atoms with Gasteiger partial charge in [-0.15, -0.1) is 0 Å². The SMILES string of the molecule is CN1C[C@@H](CNC(=O)CCCC(=O)c2ccccc2)OCC1=O. The van der Waals surface area contributed by atoms with Gasteiger partial charge < -0.3 is 15.0 Å². The minimum atomic E-state index is -0.174. The molecule has 0 radical (unpaired) electrons. The number of carbonyl (C=O) groups is 3. The molecule has 2 rings (SSSR count). The largest absolute Gasteiger partial charge is 0.365 e. The van der Waals surface area contributed by atoms with Crippen LogP contribution in [0.25, 0.3) is 0 Å². The summed E-state index contributed by atoms with van der Waals surface area (Å²) < 4.78 is 5.35. The number of ketones is 1. The molecular formula is C17H22N2O4. The Bertz CT molecular complexity index is 559. The molecule has 23 heavy (non-hydrogen) atoms. The zero-order chi connectivity index (χ0) is 16.7. The molecule has 0 unspecified atom stereocenters. The van der Waals surface area contributed by atoms with Crippen molar-refractivity contribution in [2.24, 2.45) is 0 Å². The van der Waals surface area contributed by atoms with Gasteiger partial charge in [-0.05, 0) is 6.42 Å². The molecule has 0 aliphatic carbocycles. The lowest BCUT2D eigenvalue weighted by molar-refractivity contribution is -0.146. The highest BCUT2D eigenvalue weighted by molar-refractivity contribution is 5.96. The molecule has 1 N–H and O–H groups in total. The van der Waals surface area contributed by atoms with Crippen LogP contribution in [-0.4, -0.2) is 55.3 Å². The number of nitrogens with zero attached hydrogens (tertiary/aromatic N) is 1. The van der Waals surface area contributed by atoms with E-state index in [1.165, 1.54) is 0 Å². The van der Waals surface area contributed by atoms with Gasteiger partial charge in [0.15, 0.2) is 5.78 Å². The minimum absolute atomic E-state index is 0.0491. The van der Waals surface area contributed by atoms with E-state index in [1.54, 1.807) is 24.1 Å². The molecule has 1 aliphatic heterocycles. The lowest BCUT2D eigenvalue weighted by Gasteiger charge is -2.29. The summed E-state index contributed by atoms with van der Waals surface area (Å²) in [5.41, 5.74) is 0.677. The average molecular weight is 318 g/mol. The van der Waals surface area contributed by atoms with Crippen molar-refractivity contribution in [3.63, 3.8) is 0 Å². The van der Waals surface area contributed by atoms with Crippen LogP contribution >= 0.6 is 0 Å². The Kier molecular flexibility index (Phi) is 6.29. The third kappa shape index (κ3) is 5.49. The molecule has 6 nitrogen and oxygen atoms in total. The van der Waals surface area contributed by atoms with Crippen molar-refractivity contribution in [3.8, 4) is 0 Å².